The van der Waals surface area contributed by atoms with Gasteiger partial charge in [-0.1, -0.05) is 36.4 Å². The zero-order chi connectivity index (χ0) is 21.3. The van der Waals surface area contributed by atoms with E-state index in [0.29, 0.717) is 17.5 Å². The van der Waals surface area contributed by atoms with Crippen LogP contribution < -0.4 is 5.32 Å². The maximum absolute atomic E-state index is 13.1. The first-order valence-corrected chi connectivity index (χ1v) is 10.8. The second-order valence-corrected chi connectivity index (χ2v) is 8.91. The molecule has 3 atom stereocenters. The molecule has 32 heavy (non-hydrogen) atoms. The Balaban J connectivity index is 1.78. The predicted molar refractivity (Wildman–Crippen MR) is 119 cm³/mol. The Morgan fingerprint density at radius 2 is 1.44 bits per heavy atom. The number of benzene rings is 3. The molecule has 0 unspecified atom stereocenters. The van der Waals surface area contributed by atoms with E-state index in [4.69, 9.17) is 4.74 Å². The van der Waals surface area contributed by atoms with E-state index in [-0.39, 0.29) is 36.8 Å². The molecule has 1 fully saturated rings. The maximum atomic E-state index is 13.1. The number of aromatic nitrogens is 2. The van der Waals surface area contributed by atoms with Crippen molar-refractivity contribution < 1.29 is 19.4 Å². The highest BCUT2D eigenvalue weighted by Crippen LogP contribution is 2.53. The molecule has 1 saturated heterocycles. The quantitative estimate of drug-likeness (QED) is 0.402. The molecule has 2 amide bonds. The van der Waals surface area contributed by atoms with Crippen LogP contribution in [0.25, 0.3) is 43.6 Å². The standard InChI is InChI=1S/C25H17N3O4/c29-10-11-9-16-27-14-7-3-1-5-12(14)17-19-20(24(31)26-23(19)30)18-13-6-2-4-8-15(13)28(25(11)32-16)22(18)21(17)27/h1-8,11,16,25,29H,9-10H2,(H,26,30,31)/t11-,16+,25+/m1/s1. The molecule has 0 aliphatic carbocycles. The van der Waals surface area contributed by atoms with Gasteiger partial charge < -0.3 is 19.0 Å². The lowest BCUT2D eigenvalue weighted by molar-refractivity contribution is -0.0385. The number of ether oxygens (including phenoxy) is 1. The van der Waals surface area contributed by atoms with Crippen molar-refractivity contribution in [1.82, 2.24) is 14.5 Å². The molecule has 2 N–H and O–H groups in total. The number of aliphatic hydroxyl groups excluding tert-OH is 1. The molecular weight excluding hydrogens is 406 g/mol. The summed E-state index contributed by atoms with van der Waals surface area (Å²) >= 11 is 0. The summed E-state index contributed by atoms with van der Waals surface area (Å²) in [6.45, 7) is 0.0107. The van der Waals surface area contributed by atoms with Crippen LogP contribution in [0.1, 0.15) is 39.6 Å². The number of hydrogen-bond acceptors (Lipinski definition) is 4. The number of nitrogens with one attached hydrogen (secondary N) is 1. The first-order chi connectivity index (χ1) is 15.7. The van der Waals surface area contributed by atoms with E-state index in [2.05, 4.69) is 14.5 Å². The van der Waals surface area contributed by atoms with Gasteiger partial charge in [-0.25, -0.2) is 0 Å². The Labute approximate surface area is 180 Å². The summed E-state index contributed by atoms with van der Waals surface area (Å²) in [7, 11) is 0. The SMILES string of the molecule is O=C1NC(=O)c2c1c1c3ccccc3n3c1c1c2c2ccccc2n1[C@H]1O[C@H]3C[C@@H]1CO. The summed E-state index contributed by atoms with van der Waals surface area (Å²) in [4.78, 5) is 26.2. The summed E-state index contributed by atoms with van der Waals surface area (Å²) in [6.07, 6.45) is 0.0528. The van der Waals surface area contributed by atoms with Crippen molar-refractivity contribution in [2.24, 2.45) is 5.92 Å². The van der Waals surface area contributed by atoms with Gasteiger partial charge in [0, 0.05) is 33.9 Å². The molecule has 7 nitrogen and oxygen atoms in total. The van der Waals surface area contributed by atoms with Gasteiger partial charge in [0.2, 0.25) is 0 Å². The molecule has 3 aliphatic heterocycles. The fraction of sp³-hybridized carbons (Fsp3) is 0.200. The fourth-order valence-corrected chi connectivity index (χ4v) is 6.30. The van der Waals surface area contributed by atoms with Crippen LogP contribution in [0.4, 0.5) is 0 Å². The number of carbonyl (C=O) groups is 2. The summed E-state index contributed by atoms with van der Waals surface area (Å²) in [5, 5.41) is 16.2. The average Bonchev–Trinajstić information content (AvgIpc) is 3.50. The smallest absolute Gasteiger partial charge is 0.259 e. The van der Waals surface area contributed by atoms with Crippen LogP contribution in [-0.4, -0.2) is 32.7 Å². The van der Waals surface area contributed by atoms with Gasteiger partial charge in [0.25, 0.3) is 11.8 Å². The second-order valence-electron chi connectivity index (χ2n) is 8.91. The van der Waals surface area contributed by atoms with Gasteiger partial charge >= 0.3 is 0 Å². The number of imide groups is 1. The van der Waals surface area contributed by atoms with Crippen LogP contribution in [0.2, 0.25) is 0 Å². The highest BCUT2D eigenvalue weighted by molar-refractivity contribution is 6.39. The number of para-hydroxylation sites is 2. The molecule has 0 saturated carbocycles. The topological polar surface area (TPSA) is 85.5 Å². The minimum absolute atomic E-state index is 0.0107. The lowest BCUT2D eigenvalue weighted by Crippen LogP contribution is -2.20. The van der Waals surface area contributed by atoms with E-state index < -0.39 is 0 Å². The molecule has 2 bridgehead atoms. The Kier molecular flexibility index (Phi) is 2.85. The molecule has 5 aromatic rings. The lowest BCUT2D eigenvalue weighted by Gasteiger charge is -2.20. The summed E-state index contributed by atoms with van der Waals surface area (Å²) in [6, 6.07) is 15.9. The summed E-state index contributed by atoms with van der Waals surface area (Å²) in [5.74, 6) is -0.789. The first kappa shape index (κ1) is 16.9. The third kappa shape index (κ3) is 1.68. The van der Waals surface area contributed by atoms with Crippen LogP contribution in [0.3, 0.4) is 0 Å². The third-order valence-corrected chi connectivity index (χ3v) is 7.46. The normalized spacial score (nSPS) is 23.7. The molecule has 0 spiro atoms. The van der Waals surface area contributed by atoms with E-state index in [1.165, 1.54) is 0 Å². The Morgan fingerprint density at radius 3 is 2.06 bits per heavy atom. The average molecular weight is 423 g/mol. The van der Waals surface area contributed by atoms with Crippen molar-refractivity contribution in [3.05, 3.63) is 59.7 Å². The van der Waals surface area contributed by atoms with E-state index in [1.807, 2.05) is 48.5 Å². The van der Waals surface area contributed by atoms with Crippen LogP contribution >= 0.6 is 0 Å². The van der Waals surface area contributed by atoms with Gasteiger partial charge in [0.1, 0.15) is 12.5 Å². The predicted octanol–water partition coefficient (Wildman–Crippen LogP) is 3.83. The number of nitrogens with zero attached hydrogens (tertiary/aromatic N) is 2. The fourth-order valence-electron chi connectivity index (χ4n) is 6.30. The number of aliphatic hydroxyl groups is 1. The first-order valence-electron chi connectivity index (χ1n) is 10.8. The van der Waals surface area contributed by atoms with Gasteiger partial charge in [-0.15, -0.1) is 0 Å². The molecule has 3 aliphatic rings. The monoisotopic (exact) mass is 423 g/mol. The maximum Gasteiger partial charge on any atom is 0.259 e. The van der Waals surface area contributed by atoms with Crippen molar-refractivity contribution in [2.75, 3.05) is 6.61 Å². The van der Waals surface area contributed by atoms with Crippen LogP contribution in [-0.2, 0) is 4.74 Å². The molecule has 5 heterocycles. The van der Waals surface area contributed by atoms with E-state index in [1.54, 1.807) is 0 Å². The highest BCUT2D eigenvalue weighted by atomic mass is 16.5. The molecular formula is C25H17N3O4. The van der Waals surface area contributed by atoms with Crippen molar-refractivity contribution in [2.45, 2.75) is 18.9 Å². The molecule has 156 valence electrons. The number of rotatable bonds is 1. The molecule has 2 aromatic heterocycles. The van der Waals surface area contributed by atoms with Crippen molar-refractivity contribution in [1.29, 1.82) is 0 Å². The highest BCUT2D eigenvalue weighted by Gasteiger charge is 2.45. The zero-order valence-electron chi connectivity index (χ0n) is 16.8. The number of hydrogen-bond donors (Lipinski definition) is 2. The minimum Gasteiger partial charge on any atom is -0.396 e. The second kappa shape index (κ2) is 5.38. The molecule has 7 heteroatoms. The van der Waals surface area contributed by atoms with E-state index in [0.717, 1.165) is 43.6 Å². The van der Waals surface area contributed by atoms with Gasteiger partial charge in [-0.2, -0.15) is 0 Å². The third-order valence-electron chi connectivity index (χ3n) is 7.46. The number of amides is 2. The summed E-state index contributed by atoms with van der Waals surface area (Å²) in [5.41, 5.74) is 4.61. The zero-order valence-corrected chi connectivity index (χ0v) is 16.8. The van der Waals surface area contributed by atoms with Crippen LogP contribution in [0.15, 0.2) is 48.5 Å². The van der Waals surface area contributed by atoms with Crippen LogP contribution in [0.5, 0.6) is 0 Å². The minimum atomic E-state index is -0.360. The Morgan fingerprint density at radius 1 is 0.875 bits per heavy atom. The van der Waals surface area contributed by atoms with Crippen molar-refractivity contribution >= 4 is 55.4 Å². The van der Waals surface area contributed by atoms with E-state index >= 15 is 0 Å². The lowest BCUT2D eigenvalue weighted by atomic mass is 9.96. The van der Waals surface area contributed by atoms with E-state index in [9.17, 15) is 14.7 Å². The van der Waals surface area contributed by atoms with Gasteiger partial charge in [0.15, 0.2) is 0 Å². The Bertz CT molecular complexity index is 1710. The van der Waals surface area contributed by atoms with Crippen molar-refractivity contribution in [3.63, 3.8) is 0 Å². The molecule has 0 radical (unpaired) electrons. The largest absolute Gasteiger partial charge is 0.396 e. The van der Waals surface area contributed by atoms with Gasteiger partial charge in [0.05, 0.1) is 39.8 Å². The van der Waals surface area contributed by atoms with Crippen LogP contribution in [0, 0.1) is 5.92 Å². The molecule has 8 rings (SSSR count). The Hall–Kier alpha value is -3.68. The van der Waals surface area contributed by atoms with Gasteiger partial charge in [-0.3, -0.25) is 14.9 Å². The summed E-state index contributed by atoms with van der Waals surface area (Å²) < 4.78 is 10.9. The van der Waals surface area contributed by atoms with Gasteiger partial charge in [-0.05, 0) is 12.1 Å². The molecule has 3 aromatic carbocycles. The number of fused-ring (bicyclic) bond motifs is 13. The number of carbonyl (C=O) groups excluding carboxylic acids is 2. The van der Waals surface area contributed by atoms with Crippen molar-refractivity contribution in [3.8, 4) is 0 Å².